The fraction of sp³-hybridized carbons (Fsp3) is 0.750. The maximum atomic E-state index is 11.4. The first-order valence-corrected chi connectivity index (χ1v) is 7.75. The topological polar surface area (TPSA) is 105 Å². The second kappa shape index (κ2) is 9.58. The molecule has 0 bridgehead atoms. The summed E-state index contributed by atoms with van der Waals surface area (Å²) in [6.45, 7) is 9.05. The van der Waals surface area contributed by atoms with Gasteiger partial charge in [0, 0.05) is 26.1 Å². The number of nitrogens with zero attached hydrogens (tertiary/aromatic N) is 1. The highest BCUT2D eigenvalue weighted by Crippen LogP contribution is 2.26. The van der Waals surface area contributed by atoms with E-state index in [-0.39, 0.29) is 24.0 Å². The zero-order valence-corrected chi connectivity index (χ0v) is 14.2. The number of carboxylic acids is 1. The summed E-state index contributed by atoms with van der Waals surface area (Å²) >= 11 is 0. The Bertz CT molecular complexity index is 398. The van der Waals surface area contributed by atoms with Crippen molar-refractivity contribution in [1.29, 1.82) is 0 Å². The van der Waals surface area contributed by atoms with Crippen molar-refractivity contribution in [3.63, 3.8) is 0 Å². The van der Waals surface area contributed by atoms with E-state index in [1.807, 2.05) is 19.9 Å². The number of likely N-dealkylation sites (tertiary alicyclic amines) is 1. The average molecular weight is 313 g/mol. The maximum Gasteiger partial charge on any atom is 0.320 e. The van der Waals surface area contributed by atoms with E-state index in [1.165, 1.54) is 6.92 Å². The molecule has 0 aromatic carbocycles. The summed E-state index contributed by atoms with van der Waals surface area (Å²) in [5.74, 6) is -0.210. The Morgan fingerprint density at radius 3 is 2.55 bits per heavy atom. The maximum absolute atomic E-state index is 11.4. The SMILES string of the molecule is CC=C[C@@H]1C[C@H](C(=O)O)N(CC(CC)C(C)NC(C)=O)C1.N. The molecule has 0 aromatic heterocycles. The third-order valence-electron chi connectivity index (χ3n) is 4.32. The van der Waals surface area contributed by atoms with E-state index in [2.05, 4.69) is 23.2 Å². The van der Waals surface area contributed by atoms with Crippen LogP contribution in [0.2, 0.25) is 0 Å². The van der Waals surface area contributed by atoms with E-state index < -0.39 is 12.0 Å². The van der Waals surface area contributed by atoms with Crippen LogP contribution in [0.4, 0.5) is 0 Å². The number of rotatable bonds is 7. The quantitative estimate of drug-likeness (QED) is 0.624. The predicted octanol–water partition coefficient (Wildman–Crippen LogP) is 2.05. The highest BCUT2D eigenvalue weighted by molar-refractivity contribution is 5.74. The minimum atomic E-state index is -0.746. The second-order valence-corrected chi connectivity index (χ2v) is 5.99. The summed E-state index contributed by atoms with van der Waals surface area (Å²) in [5.41, 5.74) is 0. The molecule has 0 aromatic rings. The molecule has 6 heteroatoms. The molecule has 1 fully saturated rings. The lowest BCUT2D eigenvalue weighted by Gasteiger charge is -2.30. The molecule has 1 aliphatic heterocycles. The third kappa shape index (κ3) is 5.77. The van der Waals surface area contributed by atoms with Crippen molar-refractivity contribution in [2.24, 2.45) is 11.8 Å². The summed E-state index contributed by atoms with van der Waals surface area (Å²) in [6.07, 6.45) is 5.67. The molecule has 1 saturated heterocycles. The van der Waals surface area contributed by atoms with Gasteiger partial charge in [-0.15, -0.1) is 0 Å². The molecule has 0 spiro atoms. The van der Waals surface area contributed by atoms with Gasteiger partial charge in [-0.05, 0) is 32.1 Å². The van der Waals surface area contributed by atoms with Crippen LogP contribution < -0.4 is 11.5 Å². The minimum Gasteiger partial charge on any atom is -0.480 e. The molecule has 1 amide bonds. The first-order chi connectivity index (χ1) is 9.88. The Balaban J connectivity index is 0.00000441. The molecule has 5 N–H and O–H groups in total. The van der Waals surface area contributed by atoms with Crippen molar-refractivity contribution < 1.29 is 14.7 Å². The van der Waals surface area contributed by atoms with Gasteiger partial charge in [0.05, 0.1) is 0 Å². The number of nitrogens with one attached hydrogen (secondary N) is 1. The lowest BCUT2D eigenvalue weighted by atomic mass is 9.97. The summed E-state index contributed by atoms with van der Waals surface area (Å²) in [5, 5.41) is 12.3. The lowest BCUT2D eigenvalue weighted by molar-refractivity contribution is -0.142. The van der Waals surface area contributed by atoms with Gasteiger partial charge < -0.3 is 16.6 Å². The Hall–Kier alpha value is -1.40. The van der Waals surface area contributed by atoms with Crippen LogP contribution >= 0.6 is 0 Å². The third-order valence-corrected chi connectivity index (χ3v) is 4.32. The molecule has 0 radical (unpaired) electrons. The van der Waals surface area contributed by atoms with E-state index in [4.69, 9.17) is 0 Å². The number of aliphatic carboxylic acids is 1. The zero-order valence-electron chi connectivity index (χ0n) is 14.2. The van der Waals surface area contributed by atoms with Crippen molar-refractivity contribution in [2.75, 3.05) is 13.1 Å². The van der Waals surface area contributed by atoms with Crippen LogP contribution in [-0.4, -0.2) is 47.1 Å². The Labute approximate surface area is 133 Å². The van der Waals surface area contributed by atoms with Crippen LogP contribution in [0.15, 0.2) is 12.2 Å². The van der Waals surface area contributed by atoms with Gasteiger partial charge in [0.2, 0.25) is 5.91 Å². The number of carboxylic acid groups (broad SMARTS) is 1. The Morgan fingerprint density at radius 2 is 2.09 bits per heavy atom. The highest BCUT2D eigenvalue weighted by atomic mass is 16.4. The van der Waals surface area contributed by atoms with Crippen LogP contribution in [0.1, 0.15) is 40.5 Å². The number of carbonyl (C=O) groups is 2. The van der Waals surface area contributed by atoms with Gasteiger partial charge in [-0.2, -0.15) is 0 Å². The van der Waals surface area contributed by atoms with Crippen LogP contribution in [0.5, 0.6) is 0 Å². The molecule has 6 nitrogen and oxygen atoms in total. The van der Waals surface area contributed by atoms with Gasteiger partial charge in [0.15, 0.2) is 0 Å². The Kier molecular flexibility index (Phi) is 8.97. The number of carbonyl (C=O) groups excluding carboxylic acids is 1. The molecule has 1 rings (SSSR count). The molecular formula is C16H31N3O3. The van der Waals surface area contributed by atoms with Crippen LogP contribution in [0.3, 0.4) is 0 Å². The van der Waals surface area contributed by atoms with Gasteiger partial charge in [-0.1, -0.05) is 25.5 Å². The van der Waals surface area contributed by atoms with Gasteiger partial charge in [-0.25, -0.2) is 0 Å². The largest absolute Gasteiger partial charge is 0.480 e. The number of hydrogen-bond donors (Lipinski definition) is 3. The summed E-state index contributed by atoms with van der Waals surface area (Å²) in [6, 6.07) is -0.354. The summed E-state index contributed by atoms with van der Waals surface area (Å²) < 4.78 is 0. The second-order valence-electron chi connectivity index (χ2n) is 5.99. The minimum absolute atomic E-state index is 0. The fourth-order valence-electron chi connectivity index (χ4n) is 3.19. The monoisotopic (exact) mass is 313 g/mol. The van der Waals surface area contributed by atoms with Crippen molar-refractivity contribution >= 4 is 11.9 Å². The van der Waals surface area contributed by atoms with Gasteiger partial charge >= 0.3 is 5.97 Å². The zero-order chi connectivity index (χ0) is 16.0. The molecule has 128 valence electrons. The smallest absolute Gasteiger partial charge is 0.320 e. The normalized spacial score (nSPS) is 24.7. The van der Waals surface area contributed by atoms with Gasteiger partial charge in [-0.3, -0.25) is 14.5 Å². The summed E-state index contributed by atoms with van der Waals surface area (Å²) in [7, 11) is 0. The highest BCUT2D eigenvalue weighted by Gasteiger charge is 2.37. The number of allylic oxidation sites excluding steroid dienone is 1. The van der Waals surface area contributed by atoms with Gasteiger partial charge in [0.1, 0.15) is 6.04 Å². The Morgan fingerprint density at radius 1 is 1.45 bits per heavy atom. The van der Waals surface area contributed by atoms with Crippen LogP contribution in [0, 0.1) is 11.8 Å². The molecule has 4 atom stereocenters. The molecule has 22 heavy (non-hydrogen) atoms. The number of amides is 1. The van der Waals surface area contributed by atoms with Crippen molar-refractivity contribution in [3.8, 4) is 0 Å². The van der Waals surface area contributed by atoms with E-state index in [0.717, 1.165) is 13.0 Å². The van der Waals surface area contributed by atoms with E-state index >= 15 is 0 Å². The molecule has 0 aliphatic carbocycles. The van der Waals surface area contributed by atoms with E-state index in [9.17, 15) is 14.7 Å². The molecular weight excluding hydrogens is 282 g/mol. The van der Waals surface area contributed by atoms with Crippen molar-refractivity contribution in [2.45, 2.75) is 52.6 Å². The summed E-state index contributed by atoms with van der Waals surface area (Å²) in [4.78, 5) is 24.7. The fourth-order valence-corrected chi connectivity index (χ4v) is 3.19. The molecule has 2 unspecified atom stereocenters. The average Bonchev–Trinajstić information content (AvgIpc) is 2.78. The lowest BCUT2D eigenvalue weighted by Crippen LogP contribution is -2.45. The van der Waals surface area contributed by atoms with E-state index in [0.29, 0.717) is 18.9 Å². The van der Waals surface area contributed by atoms with Crippen molar-refractivity contribution in [3.05, 3.63) is 12.2 Å². The first-order valence-electron chi connectivity index (χ1n) is 7.75. The van der Waals surface area contributed by atoms with Gasteiger partial charge in [0.25, 0.3) is 0 Å². The van der Waals surface area contributed by atoms with E-state index in [1.54, 1.807) is 0 Å². The first kappa shape index (κ1) is 20.6. The molecule has 1 heterocycles. The standard InChI is InChI=1S/C16H28N2O3.H3N/c1-5-7-13-8-15(16(20)21)18(9-13)10-14(6-2)11(3)17-12(4)19;/h5,7,11,13-15H,6,8-10H2,1-4H3,(H,17,19)(H,20,21);1H3/t11?,13-,14?,15-;/m1./s1. The van der Waals surface area contributed by atoms with Crippen LogP contribution in [0.25, 0.3) is 0 Å². The molecule has 0 saturated carbocycles. The predicted molar refractivity (Wildman–Crippen MR) is 88.0 cm³/mol. The van der Waals surface area contributed by atoms with Crippen molar-refractivity contribution in [1.82, 2.24) is 16.4 Å². The molecule has 1 aliphatic rings. The number of hydrogen-bond acceptors (Lipinski definition) is 4. The van der Waals surface area contributed by atoms with Crippen LogP contribution in [-0.2, 0) is 9.59 Å².